The van der Waals surface area contributed by atoms with Crippen LogP contribution in [0.5, 0.6) is 5.75 Å². The van der Waals surface area contributed by atoms with Crippen molar-refractivity contribution in [3.8, 4) is 5.75 Å². The summed E-state index contributed by atoms with van der Waals surface area (Å²) in [6, 6.07) is 11.5. The van der Waals surface area contributed by atoms with Gasteiger partial charge in [0.1, 0.15) is 12.4 Å². The lowest BCUT2D eigenvalue weighted by Gasteiger charge is -2.22. The third kappa shape index (κ3) is 4.96. The lowest BCUT2D eigenvalue weighted by molar-refractivity contribution is -0.385. The van der Waals surface area contributed by atoms with Gasteiger partial charge in [0.15, 0.2) is 5.60 Å². The van der Waals surface area contributed by atoms with Crippen molar-refractivity contribution in [1.82, 2.24) is 0 Å². The second-order valence-electron chi connectivity index (χ2n) is 5.95. The first-order valence-corrected chi connectivity index (χ1v) is 9.01. The summed E-state index contributed by atoms with van der Waals surface area (Å²) >= 11 is 1.60. The number of rotatable bonds is 7. The van der Waals surface area contributed by atoms with E-state index in [1.807, 2.05) is 18.4 Å². The molecular weight excluding hydrogens is 356 g/mol. The molecule has 0 aliphatic carbocycles. The number of anilines is 1. The Hall–Kier alpha value is -2.58. The third-order valence-electron chi connectivity index (χ3n) is 3.72. The van der Waals surface area contributed by atoms with Crippen LogP contribution in [0.4, 0.5) is 11.4 Å². The summed E-state index contributed by atoms with van der Waals surface area (Å²) in [6.07, 6.45) is 1.96. The topological polar surface area (TPSA) is 102 Å². The monoisotopic (exact) mass is 376 g/mol. The molecule has 2 aromatic carbocycles. The fourth-order valence-electron chi connectivity index (χ4n) is 2.17. The smallest absolute Gasteiger partial charge is 0.272 e. The first-order chi connectivity index (χ1) is 12.2. The second-order valence-corrected chi connectivity index (χ2v) is 6.83. The Kier molecular flexibility index (Phi) is 6.23. The van der Waals surface area contributed by atoms with Crippen LogP contribution in [0.25, 0.3) is 0 Å². The number of ether oxygens (including phenoxy) is 1. The van der Waals surface area contributed by atoms with E-state index >= 15 is 0 Å². The van der Waals surface area contributed by atoms with Crippen molar-refractivity contribution >= 4 is 29.0 Å². The summed E-state index contributed by atoms with van der Waals surface area (Å²) < 4.78 is 5.49. The molecule has 0 saturated heterocycles. The van der Waals surface area contributed by atoms with Crippen LogP contribution in [-0.2, 0) is 4.79 Å². The fraction of sp³-hybridized carbons (Fsp3) is 0.278. The van der Waals surface area contributed by atoms with E-state index in [9.17, 15) is 20.0 Å². The van der Waals surface area contributed by atoms with Gasteiger partial charge >= 0.3 is 0 Å². The van der Waals surface area contributed by atoms with Crippen LogP contribution in [0.3, 0.4) is 0 Å². The van der Waals surface area contributed by atoms with Gasteiger partial charge < -0.3 is 15.2 Å². The number of nitro groups is 1. The fourth-order valence-corrected chi connectivity index (χ4v) is 2.57. The Labute approximate surface area is 155 Å². The Balaban J connectivity index is 2.00. The number of amides is 1. The van der Waals surface area contributed by atoms with Gasteiger partial charge in [0, 0.05) is 22.2 Å². The van der Waals surface area contributed by atoms with E-state index < -0.39 is 16.4 Å². The molecule has 138 valence electrons. The van der Waals surface area contributed by atoms with Crippen LogP contribution in [0, 0.1) is 17.0 Å². The normalized spacial score (nSPS) is 12.9. The zero-order chi connectivity index (χ0) is 19.3. The number of thioether (sulfide) groups is 1. The molecular formula is C18H20N2O5S. The number of hydrogen-bond acceptors (Lipinski definition) is 6. The first kappa shape index (κ1) is 19.7. The first-order valence-electron chi connectivity index (χ1n) is 7.78. The number of benzene rings is 2. The molecule has 1 unspecified atom stereocenters. The molecule has 26 heavy (non-hydrogen) atoms. The maximum atomic E-state index is 12.3. The van der Waals surface area contributed by atoms with Crippen molar-refractivity contribution in [2.75, 3.05) is 18.2 Å². The molecule has 2 N–H and O–H groups in total. The maximum absolute atomic E-state index is 12.3. The van der Waals surface area contributed by atoms with Crippen molar-refractivity contribution < 1.29 is 19.6 Å². The van der Waals surface area contributed by atoms with E-state index in [4.69, 9.17) is 4.74 Å². The molecule has 2 aromatic rings. The number of aliphatic hydroxyl groups is 1. The van der Waals surface area contributed by atoms with E-state index in [1.165, 1.54) is 25.1 Å². The number of hydrogen-bond donors (Lipinski definition) is 2. The van der Waals surface area contributed by atoms with Crippen LogP contribution >= 0.6 is 11.8 Å². The Morgan fingerprint density at radius 3 is 2.50 bits per heavy atom. The van der Waals surface area contributed by atoms with Gasteiger partial charge in [-0.2, -0.15) is 0 Å². The lowest BCUT2D eigenvalue weighted by Crippen LogP contribution is -2.45. The van der Waals surface area contributed by atoms with Gasteiger partial charge in [0.2, 0.25) is 0 Å². The molecule has 0 aromatic heterocycles. The van der Waals surface area contributed by atoms with E-state index in [-0.39, 0.29) is 12.3 Å². The molecule has 8 heteroatoms. The Bertz CT molecular complexity index is 806. The van der Waals surface area contributed by atoms with Gasteiger partial charge in [-0.15, -0.1) is 11.8 Å². The molecule has 0 saturated carbocycles. The van der Waals surface area contributed by atoms with Crippen molar-refractivity contribution in [1.29, 1.82) is 0 Å². The molecule has 0 heterocycles. The summed E-state index contributed by atoms with van der Waals surface area (Å²) in [4.78, 5) is 23.7. The van der Waals surface area contributed by atoms with Crippen molar-refractivity contribution in [3.63, 3.8) is 0 Å². The third-order valence-corrected chi connectivity index (χ3v) is 4.46. The number of nitro benzene ring substituents is 1. The van der Waals surface area contributed by atoms with Crippen molar-refractivity contribution in [3.05, 3.63) is 58.1 Å². The molecule has 2 rings (SSSR count). The Morgan fingerprint density at radius 1 is 1.31 bits per heavy atom. The molecule has 0 aliphatic heterocycles. The number of aryl methyl sites for hydroxylation is 1. The van der Waals surface area contributed by atoms with E-state index in [0.29, 0.717) is 17.0 Å². The molecule has 0 fully saturated rings. The number of nitrogens with one attached hydrogen (secondary N) is 1. The quantitative estimate of drug-likeness (QED) is 0.436. The SMILES string of the molecule is CSc1ccc(OCC(C)(O)C(=O)Nc2ccc([N+](=O)[O-])c(C)c2)cc1. The van der Waals surface area contributed by atoms with E-state index in [0.717, 1.165) is 4.90 Å². The van der Waals surface area contributed by atoms with Gasteiger partial charge in [-0.25, -0.2) is 0 Å². The summed E-state index contributed by atoms with van der Waals surface area (Å²) in [5, 5.41) is 23.8. The van der Waals surface area contributed by atoms with Crippen LogP contribution in [-0.4, -0.2) is 34.4 Å². The molecule has 0 aliphatic rings. The van der Waals surface area contributed by atoms with Gasteiger partial charge in [-0.1, -0.05) is 0 Å². The number of nitrogens with zero attached hydrogens (tertiary/aromatic N) is 1. The lowest BCUT2D eigenvalue weighted by atomic mass is 10.1. The highest BCUT2D eigenvalue weighted by atomic mass is 32.2. The number of carbonyl (C=O) groups is 1. The summed E-state index contributed by atoms with van der Waals surface area (Å²) in [7, 11) is 0. The van der Waals surface area contributed by atoms with E-state index in [2.05, 4.69) is 5.32 Å². The van der Waals surface area contributed by atoms with Gasteiger partial charge in [-0.3, -0.25) is 14.9 Å². The van der Waals surface area contributed by atoms with Gasteiger partial charge in [0.25, 0.3) is 11.6 Å². The summed E-state index contributed by atoms with van der Waals surface area (Å²) in [5.74, 6) is -0.117. The average Bonchev–Trinajstić information content (AvgIpc) is 2.60. The Morgan fingerprint density at radius 2 is 1.96 bits per heavy atom. The van der Waals surface area contributed by atoms with Crippen LogP contribution in [0.1, 0.15) is 12.5 Å². The molecule has 0 bridgehead atoms. The zero-order valence-corrected chi connectivity index (χ0v) is 15.5. The highest BCUT2D eigenvalue weighted by Gasteiger charge is 2.31. The minimum atomic E-state index is -1.77. The van der Waals surface area contributed by atoms with Crippen molar-refractivity contribution in [2.45, 2.75) is 24.3 Å². The average molecular weight is 376 g/mol. The molecule has 0 spiro atoms. The zero-order valence-electron chi connectivity index (χ0n) is 14.7. The highest BCUT2D eigenvalue weighted by Crippen LogP contribution is 2.23. The van der Waals surface area contributed by atoms with Crippen molar-refractivity contribution in [2.24, 2.45) is 0 Å². The van der Waals surface area contributed by atoms with Gasteiger partial charge in [0.05, 0.1) is 4.92 Å². The van der Waals surface area contributed by atoms with E-state index in [1.54, 1.807) is 30.8 Å². The molecule has 0 radical (unpaired) electrons. The van der Waals surface area contributed by atoms with Crippen LogP contribution in [0.2, 0.25) is 0 Å². The predicted molar refractivity (Wildman–Crippen MR) is 101 cm³/mol. The summed E-state index contributed by atoms with van der Waals surface area (Å²) in [5.41, 5.74) is -1.03. The van der Waals surface area contributed by atoms with Crippen LogP contribution in [0.15, 0.2) is 47.4 Å². The standard InChI is InChI=1S/C18H20N2O5S/c1-12-10-13(4-9-16(12)20(23)24)19-17(21)18(2,22)11-25-14-5-7-15(26-3)8-6-14/h4-10,22H,11H2,1-3H3,(H,19,21). The molecule has 1 amide bonds. The minimum absolute atomic E-state index is 0.0354. The van der Waals surface area contributed by atoms with Crippen LogP contribution < -0.4 is 10.1 Å². The second kappa shape index (κ2) is 8.20. The predicted octanol–water partition coefficient (Wildman–Crippen LogP) is 3.39. The highest BCUT2D eigenvalue weighted by molar-refractivity contribution is 7.98. The van der Waals surface area contributed by atoms with Gasteiger partial charge in [-0.05, 0) is 56.5 Å². The molecule has 7 nitrogen and oxygen atoms in total. The molecule has 1 atom stereocenters. The summed E-state index contributed by atoms with van der Waals surface area (Å²) in [6.45, 7) is 2.69. The maximum Gasteiger partial charge on any atom is 0.272 e. The number of carbonyl (C=O) groups excluding carboxylic acids is 1. The minimum Gasteiger partial charge on any atom is -0.490 e. The largest absolute Gasteiger partial charge is 0.490 e.